The van der Waals surface area contributed by atoms with Crippen molar-refractivity contribution in [1.82, 2.24) is 45.3 Å². The quantitative estimate of drug-likeness (QED) is 0.0169. The number of nitrogens with zero attached hydrogens (tertiary/aromatic N) is 6. The maximum absolute atomic E-state index is 15.7. The summed E-state index contributed by atoms with van der Waals surface area (Å²) in [6.07, 6.45) is 28.9. The molecule has 7 N–H and O–H groups in total. The second-order valence-electron chi connectivity index (χ2n) is 40.8. The Labute approximate surface area is 758 Å². The number of carbonyl (C=O) groups excluding carboxylic acids is 9. The molecular formula is C97H187N9O19. The molecule has 0 fully saturated rings. The van der Waals surface area contributed by atoms with Gasteiger partial charge in [0.2, 0.25) is 17.6 Å². The van der Waals surface area contributed by atoms with Gasteiger partial charge < -0.3 is 69.7 Å². The number of unbranched alkanes of at least 4 members (excludes halogenated alkanes) is 32. The Hall–Kier alpha value is -6.13. The number of amides is 9. The van der Waals surface area contributed by atoms with E-state index in [-0.39, 0.29) is 63.8 Å². The normalized spacial score (nSPS) is 14.1. The highest BCUT2D eigenvalue weighted by Gasteiger charge is 2.60. The van der Waals surface area contributed by atoms with Crippen LogP contribution in [0.4, 0.5) is 28.8 Å². The molecule has 0 saturated heterocycles. The van der Waals surface area contributed by atoms with Gasteiger partial charge >= 0.3 is 36.6 Å². The number of hydrogen-bond donors (Lipinski definition) is 7. The lowest BCUT2D eigenvalue weighted by Crippen LogP contribution is -2.77. The topological polar surface area (TPSA) is 345 Å². The van der Waals surface area contributed by atoms with E-state index in [9.17, 15) is 44.4 Å². The highest BCUT2D eigenvalue weighted by atomic mass is 16.6. The van der Waals surface area contributed by atoms with Gasteiger partial charge in [-0.3, -0.25) is 38.9 Å². The Kier molecular flexibility index (Phi) is 60.7. The first-order valence-corrected chi connectivity index (χ1v) is 48.8. The summed E-state index contributed by atoms with van der Waals surface area (Å²) < 4.78 is 37.1. The minimum atomic E-state index is -2.14. The third kappa shape index (κ3) is 56.2. The van der Waals surface area contributed by atoms with Gasteiger partial charge in [-0.25, -0.2) is 28.8 Å². The van der Waals surface area contributed by atoms with Crippen LogP contribution in [0, 0.1) is 5.92 Å². The molecule has 0 radical (unpaired) electrons. The van der Waals surface area contributed by atoms with E-state index in [1.54, 1.807) is 132 Å². The van der Waals surface area contributed by atoms with E-state index in [0.717, 1.165) is 96.4 Å². The van der Waals surface area contributed by atoms with E-state index in [4.69, 9.17) is 28.4 Å². The summed E-state index contributed by atoms with van der Waals surface area (Å²) in [5, 5.41) is 47.5. The molecule has 3 unspecified atom stereocenters. The summed E-state index contributed by atoms with van der Waals surface area (Å²) in [4.78, 5) is 137. The lowest BCUT2D eigenvalue weighted by molar-refractivity contribution is -0.177. The van der Waals surface area contributed by atoms with Gasteiger partial charge in [-0.05, 0) is 202 Å². The SMILES string of the molecule is CCCCN(C(=O)OC(C)(C)C)C(C(CCCCCCNC(=O)CCCCCCCCCCCCCCCCCCCCCCCNC(=O)CCCCCCCCCCCNC(=O)[C@H](O)[C@@H](O)[C@H](O)[C@@H](C)O)CN(CCCC(N(C)C(=O)OC(C)(C)C)N(CCC)C(=O)OC(C)(C)C)C(=O)OC(C)(C)C)(N(C)C(=O)OC(C)(C)C)N(CCC)C(=O)OC(C)(C)C. The summed E-state index contributed by atoms with van der Waals surface area (Å²) in [6.45, 7) is 40.2. The molecule has 734 valence electrons. The molecule has 0 aliphatic rings. The molecule has 28 nitrogen and oxygen atoms in total. The van der Waals surface area contributed by atoms with E-state index in [1.165, 1.54) is 146 Å². The summed E-state index contributed by atoms with van der Waals surface area (Å²) in [5.74, 6) is -3.75. The molecule has 0 aromatic heterocycles. The first kappa shape index (κ1) is 119. The predicted octanol–water partition coefficient (Wildman–Crippen LogP) is 20.9. The smallest absolute Gasteiger partial charge is 0.413 e. The molecular weight excluding hydrogens is 1600 g/mol. The zero-order valence-electron chi connectivity index (χ0n) is 83.6. The average molecular weight is 1780 g/mol. The van der Waals surface area contributed by atoms with E-state index in [2.05, 4.69) is 16.0 Å². The Balaban J connectivity index is 5.79. The van der Waals surface area contributed by atoms with Crippen molar-refractivity contribution >= 4 is 54.3 Å². The number of nitrogens with one attached hydrogen (secondary N) is 3. The third-order valence-electron chi connectivity index (χ3n) is 21.5. The average Bonchev–Trinajstić information content (AvgIpc) is 0.728. The molecule has 7 atom stereocenters. The summed E-state index contributed by atoms with van der Waals surface area (Å²) >= 11 is 0. The van der Waals surface area contributed by atoms with E-state index < -0.39 is 118 Å². The molecule has 0 spiro atoms. The first-order valence-electron chi connectivity index (χ1n) is 48.8. The van der Waals surface area contributed by atoms with Crippen molar-refractivity contribution in [3.8, 4) is 0 Å². The summed E-state index contributed by atoms with van der Waals surface area (Å²) in [5.41, 5.74) is -5.97. The molecule has 0 aromatic rings. The maximum Gasteiger partial charge on any atom is 0.413 e. The lowest BCUT2D eigenvalue weighted by Gasteiger charge is -2.58. The van der Waals surface area contributed by atoms with Gasteiger partial charge in [0, 0.05) is 85.2 Å². The van der Waals surface area contributed by atoms with Crippen LogP contribution in [-0.2, 0) is 42.8 Å². The number of hydrogen-bond acceptors (Lipinski definition) is 19. The molecule has 0 rings (SSSR count). The third-order valence-corrected chi connectivity index (χ3v) is 21.5. The van der Waals surface area contributed by atoms with Gasteiger partial charge in [-0.15, -0.1) is 0 Å². The van der Waals surface area contributed by atoms with Crippen LogP contribution < -0.4 is 16.0 Å². The number of rotatable bonds is 66. The van der Waals surface area contributed by atoms with Crippen LogP contribution in [0.2, 0.25) is 0 Å². The predicted molar refractivity (Wildman–Crippen MR) is 499 cm³/mol. The molecule has 9 amide bonds. The van der Waals surface area contributed by atoms with Crippen molar-refractivity contribution in [2.45, 2.75) is 498 Å². The Morgan fingerprint density at radius 3 is 1.00 bits per heavy atom. The minimum absolute atomic E-state index is 0.0127. The van der Waals surface area contributed by atoms with Gasteiger partial charge in [0.15, 0.2) is 6.10 Å². The maximum atomic E-state index is 15.7. The van der Waals surface area contributed by atoms with Gasteiger partial charge in [-0.2, -0.15) is 0 Å². The Morgan fingerprint density at radius 2 is 0.640 bits per heavy atom. The standard InChI is InChI=1S/C97H187N9O19/c1-25-28-74-106(90(119)125-96(20,21)22)97(102(24)86(115)121-92(8,9)10,105(72-27-3)89(118)124-95(17,18)19)77(75-103(87(116)122-93(11,12)13)73-63-67-80(101(23)85(114)120-91(5,6)7)104(71-26-2)88(117)123-94(14,15)16)64-57-53-56-61-69-99-79(109)66-58-51-47-43-40-38-36-34-32-30-29-31-33-35-37-39-41-45-49-54-60-68-98-78(108)65-59-52-48-44-42-46-50-55-62-70-100-84(113)83(112)82(111)81(110)76(4)107/h76-77,80-83,107,110-112H,25-75H2,1-24H3,(H,98,108)(H,99,109)(H,100,113)/t76-,77?,80?,81-,82+,83-,97?/m1/s1. The molecule has 0 aromatic carbocycles. The summed E-state index contributed by atoms with van der Waals surface area (Å²) in [7, 11) is 3.09. The van der Waals surface area contributed by atoms with E-state index in [0.29, 0.717) is 77.3 Å². The van der Waals surface area contributed by atoms with Crippen LogP contribution in [0.5, 0.6) is 0 Å². The van der Waals surface area contributed by atoms with Crippen LogP contribution in [0.3, 0.4) is 0 Å². The molecule has 125 heavy (non-hydrogen) atoms. The Morgan fingerprint density at radius 1 is 0.320 bits per heavy atom. The fraction of sp³-hybridized carbons (Fsp3) is 0.907. The van der Waals surface area contributed by atoms with Gasteiger partial charge in [0.25, 0.3) is 5.91 Å². The van der Waals surface area contributed by atoms with Crippen LogP contribution in [0.15, 0.2) is 0 Å². The lowest BCUT2D eigenvalue weighted by atomic mass is 9.88. The van der Waals surface area contributed by atoms with Crippen LogP contribution in [0.1, 0.15) is 428 Å². The van der Waals surface area contributed by atoms with Crippen molar-refractivity contribution in [2.75, 3.05) is 66.5 Å². The van der Waals surface area contributed by atoms with Crippen LogP contribution in [-0.4, -0.2) is 241 Å². The highest BCUT2D eigenvalue weighted by molar-refractivity contribution is 5.81. The number of ether oxygens (including phenoxy) is 6. The molecule has 28 heteroatoms. The van der Waals surface area contributed by atoms with Crippen molar-refractivity contribution < 1.29 is 92.0 Å². The fourth-order valence-electron chi connectivity index (χ4n) is 15.2. The van der Waals surface area contributed by atoms with Crippen LogP contribution in [0.25, 0.3) is 0 Å². The van der Waals surface area contributed by atoms with E-state index >= 15 is 19.2 Å². The van der Waals surface area contributed by atoms with Crippen molar-refractivity contribution in [3.05, 3.63) is 0 Å². The van der Waals surface area contributed by atoms with Crippen molar-refractivity contribution in [1.29, 1.82) is 0 Å². The van der Waals surface area contributed by atoms with Gasteiger partial charge in [0.1, 0.15) is 52.0 Å². The zero-order chi connectivity index (χ0) is 95.1. The second kappa shape index (κ2) is 63.8. The highest BCUT2D eigenvalue weighted by Crippen LogP contribution is 2.41. The summed E-state index contributed by atoms with van der Waals surface area (Å²) in [6, 6.07) is 0. The molecule has 0 bridgehead atoms. The fourth-order valence-corrected chi connectivity index (χ4v) is 15.2. The number of aliphatic hydroxyl groups is 4. The zero-order valence-corrected chi connectivity index (χ0v) is 83.6. The number of aliphatic hydroxyl groups excluding tert-OH is 4. The molecule has 0 heterocycles. The molecule has 0 aliphatic heterocycles. The van der Waals surface area contributed by atoms with Crippen molar-refractivity contribution in [2.24, 2.45) is 5.92 Å². The van der Waals surface area contributed by atoms with Crippen molar-refractivity contribution in [3.63, 3.8) is 0 Å². The number of carbonyl (C=O) groups is 9. The van der Waals surface area contributed by atoms with Crippen LogP contribution >= 0.6 is 0 Å². The Bertz CT molecular complexity index is 2940. The van der Waals surface area contributed by atoms with E-state index in [1.807, 2.05) is 20.8 Å². The second-order valence-corrected chi connectivity index (χ2v) is 40.8. The minimum Gasteiger partial charge on any atom is -0.444 e. The molecule has 0 aliphatic carbocycles. The monoisotopic (exact) mass is 1780 g/mol. The van der Waals surface area contributed by atoms with Gasteiger partial charge in [-0.1, -0.05) is 213 Å². The van der Waals surface area contributed by atoms with Gasteiger partial charge in [0.05, 0.1) is 6.10 Å². The first-order chi connectivity index (χ1) is 58.4. The molecule has 0 saturated carbocycles. The largest absolute Gasteiger partial charge is 0.444 e.